The summed E-state index contributed by atoms with van der Waals surface area (Å²) in [6.45, 7) is -0.0416. The van der Waals surface area contributed by atoms with E-state index >= 15 is 0 Å². The van der Waals surface area contributed by atoms with E-state index in [2.05, 4.69) is 0 Å². The van der Waals surface area contributed by atoms with Gasteiger partial charge in [-0.15, -0.1) is 0 Å². The molecule has 1 aliphatic rings. The van der Waals surface area contributed by atoms with Crippen LogP contribution in [0.5, 0.6) is 0 Å². The highest BCUT2D eigenvalue weighted by Gasteiger charge is 2.33. The lowest BCUT2D eigenvalue weighted by molar-refractivity contribution is -0.142. The third kappa shape index (κ3) is 2.96. The Morgan fingerprint density at radius 2 is 1.85 bits per heavy atom. The molecule has 20 heavy (non-hydrogen) atoms. The van der Waals surface area contributed by atoms with E-state index in [1.54, 1.807) is 0 Å². The van der Waals surface area contributed by atoms with Crippen molar-refractivity contribution in [3.63, 3.8) is 0 Å². The number of carboxylic acids is 1. The molecule has 1 fully saturated rings. The van der Waals surface area contributed by atoms with Gasteiger partial charge in [0.05, 0.1) is 10.8 Å². The SMILES string of the molecule is O=C(O)[C@@H]1CCCN(S(=O)(=O)c2cc(F)cc(F)c2)C1. The number of carboxylic acid groups (broad SMARTS) is 1. The Morgan fingerprint density at radius 3 is 2.40 bits per heavy atom. The van der Waals surface area contributed by atoms with Gasteiger partial charge in [0.1, 0.15) is 11.6 Å². The summed E-state index contributed by atoms with van der Waals surface area (Å²) >= 11 is 0. The molecule has 0 bridgehead atoms. The van der Waals surface area contributed by atoms with E-state index < -0.39 is 38.4 Å². The van der Waals surface area contributed by atoms with E-state index in [0.29, 0.717) is 18.9 Å². The molecule has 5 nitrogen and oxygen atoms in total. The van der Waals surface area contributed by atoms with Crippen LogP contribution in [0.25, 0.3) is 0 Å². The molecule has 0 saturated carbocycles. The fraction of sp³-hybridized carbons (Fsp3) is 0.417. The number of piperidine rings is 1. The summed E-state index contributed by atoms with van der Waals surface area (Å²) in [6.07, 6.45) is 0.785. The van der Waals surface area contributed by atoms with E-state index in [1.165, 1.54) is 0 Å². The van der Waals surface area contributed by atoms with Crippen molar-refractivity contribution in [2.24, 2.45) is 5.92 Å². The van der Waals surface area contributed by atoms with Crippen molar-refractivity contribution in [3.05, 3.63) is 29.8 Å². The normalized spacial score (nSPS) is 20.8. The van der Waals surface area contributed by atoms with Crippen molar-refractivity contribution < 1.29 is 27.1 Å². The Hall–Kier alpha value is -1.54. The van der Waals surface area contributed by atoms with Gasteiger partial charge in [-0.1, -0.05) is 0 Å². The molecule has 0 unspecified atom stereocenters. The number of hydrogen-bond donors (Lipinski definition) is 1. The molecule has 0 spiro atoms. The van der Waals surface area contributed by atoms with Crippen molar-refractivity contribution in [1.29, 1.82) is 0 Å². The van der Waals surface area contributed by atoms with Gasteiger partial charge in [-0.05, 0) is 25.0 Å². The summed E-state index contributed by atoms with van der Waals surface area (Å²) in [5, 5.41) is 8.94. The topological polar surface area (TPSA) is 74.7 Å². The summed E-state index contributed by atoms with van der Waals surface area (Å²) < 4.78 is 51.7. The number of nitrogens with zero attached hydrogens (tertiary/aromatic N) is 1. The van der Waals surface area contributed by atoms with Crippen molar-refractivity contribution in [2.45, 2.75) is 17.7 Å². The maximum atomic E-state index is 13.1. The third-order valence-corrected chi connectivity index (χ3v) is 5.05. The molecule has 0 aliphatic carbocycles. The molecular formula is C12H13F2NO4S. The molecule has 1 heterocycles. The quantitative estimate of drug-likeness (QED) is 0.917. The van der Waals surface area contributed by atoms with Gasteiger partial charge in [0.25, 0.3) is 0 Å². The summed E-state index contributed by atoms with van der Waals surface area (Å²) in [4.78, 5) is 10.4. The molecule has 0 radical (unpaired) electrons. The number of rotatable bonds is 3. The predicted octanol–water partition coefficient (Wildman–Crippen LogP) is 1.45. The lowest BCUT2D eigenvalue weighted by Crippen LogP contribution is -2.42. The largest absolute Gasteiger partial charge is 0.481 e. The lowest BCUT2D eigenvalue weighted by Gasteiger charge is -2.29. The van der Waals surface area contributed by atoms with Gasteiger partial charge in [0, 0.05) is 19.2 Å². The maximum absolute atomic E-state index is 13.1. The highest BCUT2D eigenvalue weighted by molar-refractivity contribution is 7.89. The smallest absolute Gasteiger partial charge is 0.307 e. The number of halogens is 2. The molecule has 1 N–H and O–H groups in total. The third-order valence-electron chi connectivity index (χ3n) is 3.21. The minimum Gasteiger partial charge on any atom is -0.481 e. The van der Waals surface area contributed by atoms with Crippen LogP contribution < -0.4 is 0 Å². The van der Waals surface area contributed by atoms with Crippen LogP contribution in [0.4, 0.5) is 8.78 Å². The fourth-order valence-electron chi connectivity index (χ4n) is 2.19. The van der Waals surface area contributed by atoms with Crippen LogP contribution in [0.3, 0.4) is 0 Å². The van der Waals surface area contributed by atoms with Crippen LogP contribution in [-0.4, -0.2) is 36.9 Å². The summed E-state index contributed by atoms with van der Waals surface area (Å²) in [5.41, 5.74) is 0. The summed E-state index contributed by atoms with van der Waals surface area (Å²) in [7, 11) is -4.08. The van der Waals surface area contributed by atoms with Crippen molar-refractivity contribution in [2.75, 3.05) is 13.1 Å². The average Bonchev–Trinajstić information content (AvgIpc) is 2.37. The first-order valence-electron chi connectivity index (χ1n) is 6.00. The lowest BCUT2D eigenvalue weighted by atomic mass is 10.0. The Kier molecular flexibility index (Phi) is 4.05. The highest BCUT2D eigenvalue weighted by Crippen LogP contribution is 2.24. The first kappa shape index (κ1) is 14.9. The van der Waals surface area contributed by atoms with Gasteiger partial charge >= 0.3 is 5.97 Å². The van der Waals surface area contributed by atoms with Gasteiger partial charge in [-0.3, -0.25) is 4.79 Å². The molecule has 0 aromatic heterocycles. The van der Waals surface area contributed by atoms with E-state index in [4.69, 9.17) is 5.11 Å². The van der Waals surface area contributed by atoms with E-state index in [9.17, 15) is 22.0 Å². The second kappa shape index (κ2) is 5.45. The minimum absolute atomic E-state index is 0.143. The average molecular weight is 305 g/mol. The summed E-state index contributed by atoms with van der Waals surface area (Å²) in [5.74, 6) is -3.85. The standard InChI is InChI=1S/C12H13F2NO4S/c13-9-4-10(14)6-11(5-9)20(18,19)15-3-1-2-8(7-15)12(16)17/h4-6,8H,1-3,7H2,(H,16,17)/t8-/m1/s1. The number of aliphatic carboxylic acids is 1. The Morgan fingerprint density at radius 1 is 1.25 bits per heavy atom. The van der Waals surface area contributed by atoms with Crippen LogP contribution >= 0.6 is 0 Å². The molecule has 0 amide bonds. The number of hydrogen-bond acceptors (Lipinski definition) is 3. The van der Waals surface area contributed by atoms with E-state index in [1.807, 2.05) is 0 Å². The van der Waals surface area contributed by atoms with Gasteiger partial charge < -0.3 is 5.11 Å². The Balaban J connectivity index is 2.32. The molecule has 110 valence electrons. The van der Waals surface area contributed by atoms with Crippen LogP contribution in [0, 0.1) is 17.6 Å². The monoisotopic (exact) mass is 305 g/mol. The minimum atomic E-state index is -4.08. The molecule has 1 saturated heterocycles. The summed E-state index contributed by atoms with van der Waals surface area (Å²) in [6, 6.07) is 2.03. The molecule has 1 aliphatic heterocycles. The molecular weight excluding hydrogens is 292 g/mol. The Bertz CT molecular complexity index is 612. The zero-order valence-electron chi connectivity index (χ0n) is 10.4. The molecule has 1 aromatic carbocycles. The zero-order valence-corrected chi connectivity index (χ0v) is 11.2. The molecule has 1 aromatic rings. The first-order chi connectivity index (χ1) is 9.30. The van der Waals surface area contributed by atoms with Crippen molar-refractivity contribution in [1.82, 2.24) is 4.31 Å². The van der Waals surface area contributed by atoms with Crippen molar-refractivity contribution >= 4 is 16.0 Å². The van der Waals surface area contributed by atoms with Crippen LogP contribution in [0.1, 0.15) is 12.8 Å². The van der Waals surface area contributed by atoms with Gasteiger partial charge in [0.2, 0.25) is 10.0 Å². The second-order valence-electron chi connectivity index (χ2n) is 4.65. The highest BCUT2D eigenvalue weighted by atomic mass is 32.2. The predicted molar refractivity (Wildman–Crippen MR) is 65.5 cm³/mol. The fourth-order valence-corrected chi connectivity index (χ4v) is 3.76. The van der Waals surface area contributed by atoms with Crippen LogP contribution in [0.2, 0.25) is 0 Å². The van der Waals surface area contributed by atoms with Gasteiger partial charge in [0.15, 0.2) is 0 Å². The van der Waals surface area contributed by atoms with Crippen LogP contribution in [0.15, 0.2) is 23.1 Å². The van der Waals surface area contributed by atoms with E-state index in [0.717, 1.165) is 16.4 Å². The van der Waals surface area contributed by atoms with Gasteiger partial charge in [-0.2, -0.15) is 4.31 Å². The maximum Gasteiger partial charge on any atom is 0.307 e. The van der Waals surface area contributed by atoms with E-state index in [-0.39, 0.29) is 13.1 Å². The number of benzene rings is 1. The van der Waals surface area contributed by atoms with Crippen LogP contribution in [-0.2, 0) is 14.8 Å². The number of carbonyl (C=O) groups is 1. The molecule has 1 atom stereocenters. The molecule has 8 heteroatoms. The zero-order chi connectivity index (χ0) is 14.9. The van der Waals surface area contributed by atoms with Gasteiger partial charge in [-0.25, -0.2) is 17.2 Å². The van der Waals surface area contributed by atoms with Crippen molar-refractivity contribution in [3.8, 4) is 0 Å². The second-order valence-corrected chi connectivity index (χ2v) is 6.58. The number of sulfonamides is 1. The first-order valence-corrected chi connectivity index (χ1v) is 7.44. The molecule has 2 rings (SSSR count). The Labute approximate surface area is 114 Å².